The third-order valence-corrected chi connectivity index (χ3v) is 2.25. The highest BCUT2D eigenvalue weighted by atomic mass is 16.6. The fourth-order valence-electron chi connectivity index (χ4n) is 1.40. The van der Waals surface area contributed by atoms with Crippen molar-refractivity contribution in [3.63, 3.8) is 0 Å². The van der Waals surface area contributed by atoms with E-state index in [2.05, 4.69) is 15.3 Å². The number of methoxy groups -OCH3 is 1. The van der Waals surface area contributed by atoms with E-state index in [1.807, 2.05) is 26.8 Å². The Kier molecular flexibility index (Phi) is 5.95. The van der Waals surface area contributed by atoms with Crippen molar-refractivity contribution < 1.29 is 14.3 Å². The van der Waals surface area contributed by atoms with Crippen LogP contribution in [0.25, 0.3) is 6.08 Å². The van der Waals surface area contributed by atoms with Gasteiger partial charge in [0.25, 0.3) is 5.88 Å². The minimum Gasteiger partial charge on any atom is -0.478 e. The van der Waals surface area contributed by atoms with E-state index in [-0.39, 0.29) is 5.82 Å². The Balaban J connectivity index is 2.37. The highest BCUT2D eigenvalue weighted by molar-refractivity contribution is 5.67. The highest BCUT2D eigenvalue weighted by Gasteiger charge is 2.15. The number of hydrogen-bond acceptors (Lipinski definition) is 6. The van der Waals surface area contributed by atoms with Gasteiger partial charge < -0.3 is 20.5 Å². The Hall–Kier alpha value is -2.31. The molecule has 0 saturated heterocycles. The summed E-state index contributed by atoms with van der Waals surface area (Å²) in [6, 6.07) is 0. The summed E-state index contributed by atoms with van der Waals surface area (Å²) >= 11 is 0. The van der Waals surface area contributed by atoms with Crippen LogP contribution in [0, 0.1) is 0 Å². The summed E-state index contributed by atoms with van der Waals surface area (Å²) in [5.74, 6) is 0.547. The first-order chi connectivity index (χ1) is 9.81. The van der Waals surface area contributed by atoms with Crippen LogP contribution in [0.5, 0.6) is 5.88 Å². The molecule has 0 aromatic carbocycles. The number of carbonyl (C=O) groups is 1. The second-order valence-electron chi connectivity index (χ2n) is 5.31. The minimum absolute atomic E-state index is 0.251. The number of nitrogen functional groups attached to an aromatic ring is 1. The normalized spacial score (nSPS) is 11.4. The Morgan fingerprint density at radius 3 is 2.81 bits per heavy atom. The summed E-state index contributed by atoms with van der Waals surface area (Å²) in [6.45, 7) is 5.93. The average molecular weight is 294 g/mol. The molecule has 116 valence electrons. The molecular formula is C14H22N4O3. The van der Waals surface area contributed by atoms with Crippen molar-refractivity contribution in [2.45, 2.75) is 32.8 Å². The molecule has 1 heterocycles. The van der Waals surface area contributed by atoms with Crippen LogP contribution in [0.4, 0.5) is 10.6 Å². The number of anilines is 1. The Morgan fingerprint density at radius 2 is 2.19 bits per heavy atom. The fourth-order valence-corrected chi connectivity index (χ4v) is 1.40. The molecule has 1 aromatic rings. The summed E-state index contributed by atoms with van der Waals surface area (Å²) in [5.41, 5.74) is 5.72. The van der Waals surface area contributed by atoms with Crippen molar-refractivity contribution in [3.05, 3.63) is 18.0 Å². The van der Waals surface area contributed by atoms with Crippen LogP contribution in [0.1, 0.15) is 32.9 Å². The molecule has 3 N–H and O–H groups in total. The van der Waals surface area contributed by atoms with E-state index in [0.717, 1.165) is 0 Å². The lowest BCUT2D eigenvalue weighted by Crippen LogP contribution is -2.32. The third-order valence-electron chi connectivity index (χ3n) is 2.25. The molecule has 7 nitrogen and oxygen atoms in total. The summed E-state index contributed by atoms with van der Waals surface area (Å²) in [4.78, 5) is 19.5. The van der Waals surface area contributed by atoms with Gasteiger partial charge in [-0.1, -0.05) is 6.08 Å². The number of nitrogens with zero attached hydrogens (tertiary/aromatic N) is 2. The van der Waals surface area contributed by atoms with Crippen LogP contribution in [-0.2, 0) is 4.74 Å². The summed E-state index contributed by atoms with van der Waals surface area (Å²) < 4.78 is 10.1. The zero-order chi connectivity index (χ0) is 15.9. The first-order valence-electron chi connectivity index (χ1n) is 6.61. The molecule has 7 heteroatoms. The van der Waals surface area contributed by atoms with Crippen LogP contribution in [-0.4, -0.2) is 35.3 Å². The molecule has 0 bridgehead atoms. The predicted molar refractivity (Wildman–Crippen MR) is 80.9 cm³/mol. The lowest BCUT2D eigenvalue weighted by Gasteiger charge is -2.19. The maximum absolute atomic E-state index is 11.4. The zero-order valence-electron chi connectivity index (χ0n) is 12.8. The first-order valence-corrected chi connectivity index (χ1v) is 6.61. The van der Waals surface area contributed by atoms with Gasteiger partial charge in [-0.15, -0.1) is 0 Å². The number of ether oxygens (including phenoxy) is 2. The van der Waals surface area contributed by atoms with Gasteiger partial charge in [0.2, 0.25) is 0 Å². The van der Waals surface area contributed by atoms with Crippen LogP contribution in [0.15, 0.2) is 12.3 Å². The second-order valence-corrected chi connectivity index (χ2v) is 5.31. The predicted octanol–water partition coefficient (Wildman–Crippen LogP) is 2.00. The van der Waals surface area contributed by atoms with Crippen LogP contribution in [0.2, 0.25) is 0 Å². The largest absolute Gasteiger partial charge is 0.478 e. The van der Waals surface area contributed by atoms with Crippen molar-refractivity contribution in [3.8, 4) is 5.88 Å². The van der Waals surface area contributed by atoms with Gasteiger partial charge in [0.1, 0.15) is 5.60 Å². The Labute approximate surface area is 124 Å². The van der Waals surface area contributed by atoms with Gasteiger partial charge in [0.15, 0.2) is 5.82 Å². The Morgan fingerprint density at radius 1 is 1.48 bits per heavy atom. The molecule has 0 aliphatic rings. The van der Waals surface area contributed by atoms with Gasteiger partial charge in [-0.25, -0.2) is 14.8 Å². The van der Waals surface area contributed by atoms with Gasteiger partial charge in [-0.2, -0.15) is 0 Å². The molecule has 1 rings (SSSR count). The van der Waals surface area contributed by atoms with E-state index in [0.29, 0.717) is 24.5 Å². The number of amides is 1. The van der Waals surface area contributed by atoms with Gasteiger partial charge >= 0.3 is 6.09 Å². The van der Waals surface area contributed by atoms with E-state index >= 15 is 0 Å². The lowest BCUT2D eigenvalue weighted by molar-refractivity contribution is 0.0529. The molecule has 0 unspecified atom stereocenters. The van der Waals surface area contributed by atoms with Crippen molar-refractivity contribution in [2.75, 3.05) is 19.4 Å². The molecule has 0 spiro atoms. The topological polar surface area (TPSA) is 99.4 Å². The molecule has 0 aliphatic heterocycles. The number of nitrogens with one attached hydrogen (secondary N) is 1. The number of carbonyl (C=O) groups excluding carboxylic acids is 1. The summed E-state index contributed by atoms with van der Waals surface area (Å²) in [6.07, 6.45) is 5.43. The monoisotopic (exact) mass is 294 g/mol. The van der Waals surface area contributed by atoms with E-state index in [4.69, 9.17) is 15.2 Å². The van der Waals surface area contributed by atoms with Crippen molar-refractivity contribution in [2.24, 2.45) is 0 Å². The van der Waals surface area contributed by atoms with Gasteiger partial charge in [0.05, 0.1) is 19.0 Å². The fraction of sp³-hybridized carbons (Fsp3) is 0.500. The minimum atomic E-state index is -0.490. The number of aromatic nitrogens is 2. The zero-order valence-corrected chi connectivity index (χ0v) is 12.8. The van der Waals surface area contributed by atoms with E-state index < -0.39 is 11.7 Å². The maximum atomic E-state index is 11.4. The van der Waals surface area contributed by atoms with Crippen LogP contribution in [0.3, 0.4) is 0 Å². The van der Waals surface area contributed by atoms with Crippen LogP contribution >= 0.6 is 0 Å². The average Bonchev–Trinajstić information content (AvgIpc) is 2.38. The molecule has 21 heavy (non-hydrogen) atoms. The number of alkyl carbamates (subject to hydrolysis) is 1. The van der Waals surface area contributed by atoms with Gasteiger partial charge in [0, 0.05) is 6.54 Å². The van der Waals surface area contributed by atoms with Crippen molar-refractivity contribution >= 4 is 18.0 Å². The lowest BCUT2D eigenvalue weighted by atomic mass is 10.2. The van der Waals surface area contributed by atoms with E-state index in [9.17, 15) is 4.79 Å². The number of nitrogens with two attached hydrogens (primary N) is 1. The molecule has 0 atom stereocenters. The molecule has 0 aliphatic carbocycles. The maximum Gasteiger partial charge on any atom is 0.407 e. The van der Waals surface area contributed by atoms with Crippen molar-refractivity contribution in [1.82, 2.24) is 15.3 Å². The molecule has 1 aromatic heterocycles. The smallest absolute Gasteiger partial charge is 0.407 e. The molecule has 0 fully saturated rings. The van der Waals surface area contributed by atoms with Gasteiger partial charge in [-0.3, -0.25) is 0 Å². The first kappa shape index (κ1) is 16.7. The van der Waals surface area contributed by atoms with E-state index in [1.54, 1.807) is 12.3 Å². The summed E-state index contributed by atoms with van der Waals surface area (Å²) in [7, 11) is 1.48. The second kappa shape index (κ2) is 7.47. The molecular weight excluding hydrogens is 272 g/mol. The quantitative estimate of drug-likeness (QED) is 0.806. The molecule has 0 radical (unpaired) electrons. The number of rotatable bonds is 5. The molecule has 0 saturated carbocycles. The third kappa shape index (κ3) is 6.60. The SMILES string of the molecule is COc1nc(C=CCCNC(=O)OC(C)(C)C)cnc1N. The van der Waals surface area contributed by atoms with Gasteiger partial charge in [-0.05, 0) is 33.3 Å². The van der Waals surface area contributed by atoms with Crippen LogP contribution < -0.4 is 15.8 Å². The summed E-state index contributed by atoms with van der Waals surface area (Å²) in [5, 5.41) is 2.66. The standard InChI is InChI=1S/C14H22N4O3/c1-14(2,3)21-13(19)16-8-6-5-7-10-9-17-11(15)12(18-10)20-4/h5,7,9H,6,8H2,1-4H3,(H2,15,17)(H,16,19). The Bertz CT molecular complexity index is 509. The van der Waals surface area contributed by atoms with E-state index in [1.165, 1.54) is 7.11 Å². The van der Waals surface area contributed by atoms with Crippen molar-refractivity contribution in [1.29, 1.82) is 0 Å². The number of hydrogen-bond donors (Lipinski definition) is 2. The highest BCUT2D eigenvalue weighted by Crippen LogP contribution is 2.14. The molecule has 1 amide bonds.